The highest BCUT2D eigenvalue weighted by molar-refractivity contribution is 5.97. The van der Waals surface area contributed by atoms with Crippen LogP contribution in [0.15, 0.2) is 30.6 Å². The van der Waals surface area contributed by atoms with Crippen molar-refractivity contribution in [1.29, 1.82) is 0 Å². The van der Waals surface area contributed by atoms with Crippen LogP contribution < -0.4 is 30.6 Å². The number of hydrogen-bond acceptors (Lipinski definition) is 8. The largest absolute Gasteiger partial charge is 0.491 e. The van der Waals surface area contributed by atoms with E-state index in [1.54, 1.807) is 37.8 Å². The third kappa shape index (κ3) is 5.05. The van der Waals surface area contributed by atoms with Gasteiger partial charge in [-0.05, 0) is 38.5 Å². The summed E-state index contributed by atoms with van der Waals surface area (Å²) in [4.78, 5) is 32.8. The number of carbonyl (C=O) groups is 2. The zero-order chi connectivity index (χ0) is 28.3. The predicted octanol–water partition coefficient (Wildman–Crippen LogP) is 1.07. The van der Waals surface area contributed by atoms with Crippen LogP contribution in [0.25, 0.3) is 0 Å². The Morgan fingerprint density at radius 2 is 2.00 bits per heavy atom. The summed E-state index contributed by atoms with van der Waals surface area (Å²) in [7, 11) is 0. The van der Waals surface area contributed by atoms with Gasteiger partial charge in [-0.25, -0.2) is 14.5 Å². The lowest BCUT2D eigenvalue weighted by Crippen LogP contribution is -2.53. The van der Waals surface area contributed by atoms with Gasteiger partial charge in [0.25, 0.3) is 0 Å². The number of hydrogen-bond donors (Lipinski definition) is 2. The fraction of sp³-hybridized carbons (Fsp3) is 0.520. The first-order valence-electron chi connectivity index (χ1n) is 12.4. The molecule has 0 radical (unpaired) electrons. The summed E-state index contributed by atoms with van der Waals surface area (Å²) in [5.74, 6) is -2.70. The van der Waals surface area contributed by atoms with E-state index in [-0.39, 0.29) is 30.9 Å². The Labute approximate surface area is 222 Å². The minimum atomic E-state index is -4.55. The van der Waals surface area contributed by atoms with Gasteiger partial charge < -0.3 is 30.6 Å². The van der Waals surface area contributed by atoms with E-state index < -0.39 is 48.3 Å². The molecule has 2 bridgehead atoms. The number of pyridine rings is 2. The summed E-state index contributed by atoms with van der Waals surface area (Å²) in [6.07, 6.45) is -2.09. The van der Waals surface area contributed by atoms with Gasteiger partial charge in [-0.2, -0.15) is 13.2 Å². The second-order valence-corrected chi connectivity index (χ2v) is 10.4. The number of amides is 2. The third-order valence-corrected chi connectivity index (χ3v) is 7.12. The van der Waals surface area contributed by atoms with Crippen molar-refractivity contribution in [2.45, 2.75) is 57.5 Å². The lowest BCUT2D eigenvalue weighted by atomic mass is 9.94. The normalized spacial score (nSPS) is 25.5. The van der Waals surface area contributed by atoms with Crippen LogP contribution in [-0.4, -0.2) is 66.7 Å². The highest BCUT2D eigenvalue weighted by Crippen LogP contribution is 2.48. The monoisotopic (exact) mass is 551 g/mol. The molecule has 2 unspecified atom stereocenters. The highest BCUT2D eigenvalue weighted by Gasteiger charge is 2.60. The maximum atomic E-state index is 13.7. The molecule has 14 heteroatoms. The van der Waals surface area contributed by atoms with E-state index in [2.05, 4.69) is 4.98 Å². The number of fused-ring (bicyclic) bond motifs is 4. The number of ether oxygens (including phenoxy) is 3. The van der Waals surface area contributed by atoms with Crippen LogP contribution >= 0.6 is 0 Å². The Balaban J connectivity index is 1.60. The summed E-state index contributed by atoms with van der Waals surface area (Å²) >= 11 is 0. The molecule has 4 N–H and O–H groups in total. The molecule has 11 nitrogen and oxygen atoms in total. The average Bonchev–Trinajstić information content (AvgIpc) is 3.36. The third-order valence-electron chi connectivity index (χ3n) is 7.12. The second kappa shape index (κ2) is 9.52. The Bertz CT molecular complexity index is 1310. The smallest absolute Gasteiger partial charge is 0.426 e. The van der Waals surface area contributed by atoms with Crippen molar-refractivity contribution in [3.8, 4) is 5.75 Å². The summed E-state index contributed by atoms with van der Waals surface area (Å²) < 4.78 is 59.3. The van der Waals surface area contributed by atoms with Crippen LogP contribution in [0.2, 0.25) is 0 Å². The standard InChI is InChI=1S/C25H29F3N6O5/c1-13-5-7-32(12-25(26,27)28)23-19(13)33-9-16(18(21(29)35)20(33)22(30)36)34(23)17-8-14(4-6-31-17)37-10-15-11-38-24(2,3)39-15/h4-8,15-16,18,20H,9-12H2,1-3H3,(H3-,29,30,35,36)/p+1/t15-,16+,18?,20?/m0/s1. The lowest BCUT2D eigenvalue weighted by Gasteiger charge is -2.34. The first-order valence-corrected chi connectivity index (χ1v) is 12.4. The molecule has 3 aliphatic heterocycles. The number of nitrogens with zero attached hydrogens (tertiary/aromatic N) is 4. The number of carbonyl (C=O) groups excluding carboxylic acids is 2. The number of primary amides is 2. The van der Waals surface area contributed by atoms with Crippen molar-refractivity contribution in [3.05, 3.63) is 36.2 Å². The van der Waals surface area contributed by atoms with E-state index in [0.717, 1.165) is 4.57 Å². The van der Waals surface area contributed by atoms with Gasteiger partial charge in [0.05, 0.1) is 19.3 Å². The number of halogens is 3. The van der Waals surface area contributed by atoms with Crippen LogP contribution in [0.4, 0.5) is 30.5 Å². The van der Waals surface area contributed by atoms with Gasteiger partial charge in [0.15, 0.2) is 12.3 Å². The topological polar surface area (TPSA) is 137 Å². The van der Waals surface area contributed by atoms with E-state index in [4.69, 9.17) is 25.7 Å². The minimum Gasteiger partial charge on any atom is -0.491 e. The van der Waals surface area contributed by atoms with E-state index >= 15 is 0 Å². The molecule has 2 amide bonds. The number of aryl methyl sites for hydroxylation is 1. The molecule has 210 valence electrons. The number of nitrogens with two attached hydrogens (primary N) is 2. The van der Waals surface area contributed by atoms with Crippen molar-refractivity contribution in [1.82, 2.24) is 4.98 Å². The molecule has 0 saturated carbocycles. The Morgan fingerprint density at radius 1 is 1.26 bits per heavy atom. The van der Waals surface area contributed by atoms with Crippen molar-refractivity contribution in [3.63, 3.8) is 0 Å². The maximum absolute atomic E-state index is 13.7. The number of rotatable bonds is 7. The van der Waals surface area contributed by atoms with E-state index in [1.165, 1.54) is 23.4 Å². The van der Waals surface area contributed by atoms with Crippen molar-refractivity contribution in [2.75, 3.05) is 29.6 Å². The average molecular weight is 552 g/mol. The van der Waals surface area contributed by atoms with Gasteiger partial charge in [0.1, 0.15) is 42.1 Å². The summed E-state index contributed by atoms with van der Waals surface area (Å²) in [6.45, 7) is 4.63. The lowest BCUT2D eigenvalue weighted by molar-refractivity contribution is -0.707. The fourth-order valence-corrected chi connectivity index (χ4v) is 5.66. The first-order chi connectivity index (χ1) is 18.3. The van der Waals surface area contributed by atoms with Gasteiger partial charge in [-0.15, -0.1) is 0 Å². The summed E-state index contributed by atoms with van der Waals surface area (Å²) in [5.41, 5.74) is 12.4. The molecule has 2 aromatic heterocycles. The van der Waals surface area contributed by atoms with Crippen LogP contribution in [0, 0.1) is 12.8 Å². The molecule has 0 aliphatic carbocycles. The molecule has 2 fully saturated rings. The van der Waals surface area contributed by atoms with Crippen LogP contribution in [0.3, 0.4) is 0 Å². The van der Waals surface area contributed by atoms with Gasteiger partial charge in [-0.3, -0.25) is 9.59 Å². The summed E-state index contributed by atoms with van der Waals surface area (Å²) in [5, 5.41) is 0. The molecule has 2 aromatic rings. The van der Waals surface area contributed by atoms with Crippen molar-refractivity contribution >= 4 is 29.1 Å². The van der Waals surface area contributed by atoms with Crippen LogP contribution in [0.5, 0.6) is 5.75 Å². The minimum absolute atomic E-state index is 0.123. The van der Waals surface area contributed by atoms with E-state index in [1.807, 2.05) is 0 Å². The van der Waals surface area contributed by atoms with Crippen LogP contribution in [-0.2, 0) is 25.6 Å². The zero-order valence-corrected chi connectivity index (χ0v) is 21.6. The molecule has 0 aromatic carbocycles. The molecule has 39 heavy (non-hydrogen) atoms. The molecular formula is C25H30F3N6O5+. The van der Waals surface area contributed by atoms with Gasteiger partial charge in [0, 0.05) is 12.3 Å². The van der Waals surface area contributed by atoms with Crippen molar-refractivity contribution < 1.29 is 41.5 Å². The Kier molecular flexibility index (Phi) is 6.58. The SMILES string of the molecule is Cc1cc[n+](CC(F)(F)F)c2c1N1C[C@H](C(C(N)=O)C1C(N)=O)N2c1cc(OC[C@H]2COC(C)(C)O2)ccn1. The van der Waals surface area contributed by atoms with Gasteiger partial charge in [-0.1, -0.05) is 0 Å². The predicted molar refractivity (Wildman–Crippen MR) is 131 cm³/mol. The Hall–Kier alpha value is -3.65. The molecule has 0 spiro atoms. The Morgan fingerprint density at radius 3 is 2.62 bits per heavy atom. The summed E-state index contributed by atoms with van der Waals surface area (Å²) in [6, 6.07) is 2.74. The van der Waals surface area contributed by atoms with Gasteiger partial charge in [0.2, 0.25) is 17.6 Å². The first kappa shape index (κ1) is 26.9. The van der Waals surface area contributed by atoms with Gasteiger partial charge >= 0.3 is 12.0 Å². The molecule has 5 rings (SSSR count). The molecule has 5 heterocycles. The molecule has 3 aliphatic rings. The van der Waals surface area contributed by atoms with E-state index in [9.17, 15) is 22.8 Å². The van der Waals surface area contributed by atoms with Crippen LogP contribution in [0.1, 0.15) is 19.4 Å². The molecular weight excluding hydrogens is 521 g/mol. The quantitative estimate of drug-likeness (QED) is 0.488. The number of aromatic nitrogens is 2. The zero-order valence-electron chi connectivity index (χ0n) is 21.6. The molecule has 2 saturated heterocycles. The fourth-order valence-electron chi connectivity index (χ4n) is 5.66. The number of alkyl halides is 3. The van der Waals surface area contributed by atoms with E-state index in [0.29, 0.717) is 23.6 Å². The van der Waals surface area contributed by atoms with Crippen molar-refractivity contribution in [2.24, 2.45) is 17.4 Å². The second-order valence-electron chi connectivity index (χ2n) is 10.4. The highest BCUT2D eigenvalue weighted by atomic mass is 19.4. The maximum Gasteiger partial charge on any atom is 0.426 e. The molecule has 4 atom stereocenters. The number of anilines is 3.